The zero-order valence-electron chi connectivity index (χ0n) is 10.3. The summed E-state index contributed by atoms with van der Waals surface area (Å²) in [6.45, 7) is 9.07. The highest BCUT2D eigenvalue weighted by Crippen LogP contribution is 2.10. The van der Waals surface area contributed by atoms with Gasteiger partial charge < -0.3 is 15.2 Å². The average molecular weight is 222 g/mol. The van der Waals surface area contributed by atoms with Gasteiger partial charge >= 0.3 is 0 Å². The summed E-state index contributed by atoms with van der Waals surface area (Å²) in [5, 5.41) is 3.35. The van der Waals surface area contributed by atoms with Gasteiger partial charge in [-0.15, -0.1) is 0 Å². The van der Waals surface area contributed by atoms with Crippen LogP contribution < -0.4 is 5.32 Å². The SMILES string of the molecule is Cc1cnc(NCC(C)CN2CCCC2)[nH]1. The highest BCUT2D eigenvalue weighted by atomic mass is 15.2. The number of rotatable bonds is 5. The summed E-state index contributed by atoms with van der Waals surface area (Å²) in [5.41, 5.74) is 1.11. The third-order valence-corrected chi connectivity index (χ3v) is 3.09. The second-order valence-electron chi connectivity index (χ2n) is 4.91. The van der Waals surface area contributed by atoms with E-state index in [-0.39, 0.29) is 0 Å². The van der Waals surface area contributed by atoms with Crippen LogP contribution >= 0.6 is 0 Å². The Morgan fingerprint density at radius 3 is 2.88 bits per heavy atom. The van der Waals surface area contributed by atoms with Crippen LogP contribution in [0.5, 0.6) is 0 Å². The predicted molar refractivity (Wildman–Crippen MR) is 66.7 cm³/mol. The molecule has 1 aliphatic heterocycles. The van der Waals surface area contributed by atoms with Gasteiger partial charge in [-0.25, -0.2) is 4.98 Å². The molecule has 2 heterocycles. The highest BCUT2D eigenvalue weighted by Gasteiger charge is 2.14. The van der Waals surface area contributed by atoms with Gasteiger partial charge in [0.05, 0.1) is 0 Å². The maximum absolute atomic E-state index is 4.24. The van der Waals surface area contributed by atoms with E-state index in [4.69, 9.17) is 0 Å². The maximum atomic E-state index is 4.24. The second-order valence-corrected chi connectivity index (χ2v) is 4.91. The number of hydrogen-bond donors (Lipinski definition) is 2. The number of likely N-dealkylation sites (tertiary alicyclic amines) is 1. The van der Waals surface area contributed by atoms with Crippen molar-refractivity contribution in [2.75, 3.05) is 31.5 Å². The molecular formula is C12H22N4. The fourth-order valence-corrected chi connectivity index (χ4v) is 2.24. The molecule has 1 aromatic rings. The van der Waals surface area contributed by atoms with E-state index in [0.29, 0.717) is 5.92 Å². The average Bonchev–Trinajstić information content (AvgIpc) is 2.87. The van der Waals surface area contributed by atoms with Crippen molar-refractivity contribution >= 4 is 5.95 Å². The number of aromatic amines is 1. The third kappa shape index (κ3) is 3.23. The first kappa shape index (κ1) is 11.5. The van der Waals surface area contributed by atoms with E-state index in [1.165, 1.54) is 32.5 Å². The van der Waals surface area contributed by atoms with Crippen LogP contribution in [0.1, 0.15) is 25.5 Å². The van der Waals surface area contributed by atoms with Gasteiger partial charge in [-0.3, -0.25) is 0 Å². The molecule has 0 spiro atoms. The fourth-order valence-electron chi connectivity index (χ4n) is 2.24. The third-order valence-electron chi connectivity index (χ3n) is 3.09. The summed E-state index contributed by atoms with van der Waals surface area (Å²) in [6.07, 6.45) is 4.60. The Hall–Kier alpha value is -1.03. The number of H-pyrrole nitrogens is 1. The highest BCUT2D eigenvalue weighted by molar-refractivity contribution is 5.25. The van der Waals surface area contributed by atoms with Crippen molar-refractivity contribution in [3.05, 3.63) is 11.9 Å². The van der Waals surface area contributed by atoms with Crippen molar-refractivity contribution in [2.24, 2.45) is 5.92 Å². The standard InChI is InChI=1S/C12H22N4/c1-10(9-16-5-3-4-6-16)7-13-12-14-8-11(2)15-12/h8,10H,3-7,9H2,1-2H3,(H2,13,14,15). The van der Waals surface area contributed by atoms with E-state index < -0.39 is 0 Å². The summed E-state index contributed by atoms with van der Waals surface area (Å²) < 4.78 is 0. The van der Waals surface area contributed by atoms with Crippen LogP contribution in [-0.4, -0.2) is 41.0 Å². The molecule has 2 rings (SSSR count). The molecule has 90 valence electrons. The molecule has 1 saturated heterocycles. The van der Waals surface area contributed by atoms with Crippen LogP contribution in [0.15, 0.2) is 6.20 Å². The number of anilines is 1. The summed E-state index contributed by atoms with van der Waals surface area (Å²) in [4.78, 5) is 9.98. The van der Waals surface area contributed by atoms with Gasteiger partial charge in [0, 0.05) is 25.0 Å². The summed E-state index contributed by atoms with van der Waals surface area (Å²) in [7, 11) is 0. The number of imidazole rings is 1. The monoisotopic (exact) mass is 222 g/mol. The lowest BCUT2D eigenvalue weighted by atomic mass is 10.1. The molecule has 4 nitrogen and oxygen atoms in total. The Morgan fingerprint density at radius 1 is 1.50 bits per heavy atom. The van der Waals surface area contributed by atoms with E-state index >= 15 is 0 Å². The van der Waals surface area contributed by atoms with Crippen LogP contribution in [0.3, 0.4) is 0 Å². The Morgan fingerprint density at radius 2 is 2.25 bits per heavy atom. The number of aromatic nitrogens is 2. The molecular weight excluding hydrogens is 200 g/mol. The summed E-state index contributed by atoms with van der Waals surface area (Å²) >= 11 is 0. The van der Waals surface area contributed by atoms with Crippen LogP contribution in [0.25, 0.3) is 0 Å². The van der Waals surface area contributed by atoms with Crippen LogP contribution in [0.2, 0.25) is 0 Å². The van der Waals surface area contributed by atoms with Gasteiger partial charge in [0.1, 0.15) is 0 Å². The minimum absolute atomic E-state index is 0.670. The fraction of sp³-hybridized carbons (Fsp3) is 0.750. The molecule has 1 fully saturated rings. The van der Waals surface area contributed by atoms with Crippen molar-refractivity contribution in [2.45, 2.75) is 26.7 Å². The Kier molecular flexibility index (Phi) is 3.83. The second kappa shape index (κ2) is 5.34. The van der Waals surface area contributed by atoms with E-state index in [1.54, 1.807) is 0 Å². The van der Waals surface area contributed by atoms with E-state index in [0.717, 1.165) is 18.2 Å². The predicted octanol–water partition coefficient (Wildman–Crippen LogP) is 1.86. The number of aryl methyl sites for hydroxylation is 1. The zero-order chi connectivity index (χ0) is 11.4. The molecule has 1 aromatic heterocycles. The number of nitrogens with zero attached hydrogens (tertiary/aromatic N) is 2. The molecule has 0 bridgehead atoms. The summed E-state index contributed by atoms with van der Waals surface area (Å²) in [5.74, 6) is 1.56. The number of nitrogens with one attached hydrogen (secondary N) is 2. The molecule has 1 unspecified atom stereocenters. The molecule has 0 aliphatic carbocycles. The largest absolute Gasteiger partial charge is 0.356 e. The van der Waals surface area contributed by atoms with E-state index in [2.05, 4.69) is 27.1 Å². The van der Waals surface area contributed by atoms with Crippen molar-refractivity contribution < 1.29 is 0 Å². The van der Waals surface area contributed by atoms with Crippen molar-refractivity contribution in [3.8, 4) is 0 Å². The Bertz CT molecular complexity index is 315. The van der Waals surface area contributed by atoms with E-state index in [1.807, 2.05) is 13.1 Å². The zero-order valence-corrected chi connectivity index (χ0v) is 10.3. The normalized spacial score (nSPS) is 18.9. The van der Waals surface area contributed by atoms with Gasteiger partial charge in [-0.2, -0.15) is 0 Å². The first-order valence-electron chi connectivity index (χ1n) is 6.22. The van der Waals surface area contributed by atoms with Gasteiger partial charge in [0.15, 0.2) is 5.95 Å². The quantitative estimate of drug-likeness (QED) is 0.799. The first-order chi connectivity index (χ1) is 7.74. The van der Waals surface area contributed by atoms with Crippen LogP contribution in [-0.2, 0) is 0 Å². The van der Waals surface area contributed by atoms with Crippen molar-refractivity contribution in [3.63, 3.8) is 0 Å². The van der Waals surface area contributed by atoms with Gasteiger partial charge in [-0.1, -0.05) is 6.92 Å². The van der Waals surface area contributed by atoms with Crippen molar-refractivity contribution in [1.29, 1.82) is 0 Å². The number of hydrogen-bond acceptors (Lipinski definition) is 3. The van der Waals surface area contributed by atoms with Crippen molar-refractivity contribution in [1.82, 2.24) is 14.9 Å². The van der Waals surface area contributed by atoms with Gasteiger partial charge in [0.25, 0.3) is 0 Å². The Labute approximate surface area is 97.4 Å². The lowest BCUT2D eigenvalue weighted by molar-refractivity contribution is 0.294. The molecule has 2 N–H and O–H groups in total. The molecule has 0 amide bonds. The molecule has 0 aromatic carbocycles. The lowest BCUT2D eigenvalue weighted by Gasteiger charge is -2.20. The summed E-state index contributed by atoms with van der Waals surface area (Å²) in [6, 6.07) is 0. The first-order valence-corrected chi connectivity index (χ1v) is 6.22. The van der Waals surface area contributed by atoms with Crippen LogP contribution in [0, 0.1) is 12.8 Å². The molecule has 1 aliphatic rings. The topological polar surface area (TPSA) is 44.0 Å². The Balaban J connectivity index is 1.68. The molecule has 0 radical (unpaired) electrons. The molecule has 4 heteroatoms. The minimum Gasteiger partial charge on any atom is -0.356 e. The smallest absolute Gasteiger partial charge is 0.200 e. The van der Waals surface area contributed by atoms with Gasteiger partial charge in [0.2, 0.25) is 0 Å². The molecule has 1 atom stereocenters. The maximum Gasteiger partial charge on any atom is 0.200 e. The lowest BCUT2D eigenvalue weighted by Crippen LogP contribution is -2.29. The van der Waals surface area contributed by atoms with Crippen LogP contribution in [0.4, 0.5) is 5.95 Å². The van der Waals surface area contributed by atoms with E-state index in [9.17, 15) is 0 Å². The molecule has 0 saturated carbocycles. The minimum atomic E-state index is 0.670. The van der Waals surface area contributed by atoms with Gasteiger partial charge in [-0.05, 0) is 38.8 Å². The molecule has 16 heavy (non-hydrogen) atoms.